The van der Waals surface area contributed by atoms with Crippen molar-refractivity contribution >= 4 is 95.3 Å². The SMILES string of the molecule is [Pd].[Pd].[Pd].[Pd].c1ccc([PH+](c2ccccc2)c2ccccc2)cc1.c1ccc([PH+](c2ccccc2)c2ccccc2)cc1.c1ccc([PH+](c2ccccc2)c2ccccc2)cc1.c1ccc([PH+](c2ccccc2)c2ccccc2)cc1. The molecule has 0 aromatic heterocycles. The molecule has 0 N–H and O–H groups in total. The first-order chi connectivity index (χ1) is 37.8. The number of hydrogen-bond acceptors (Lipinski definition) is 0. The van der Waals surface area contributed by atoms with Gasteiger partial charge in [-0.3, -0.25) is 0 Å². The molecule has 0 aliphatic heterocycles. The molecule has 0 aliphatic rings. The molecule has 0 fully saturated rings. The third-order valence-electron chi connectivity index (χ3n) is 12.7. The van der Waals surface area contributed by atoms with Gasteiger partial charge in [-0.25, -0.2) is 0 Å². The zero-order valence-corrected chi connectivity index (χ0v) is 54.1. The fraction of sp³-hybridized carbons (Fsp3) is 0. The minimum absolute atomic E-state index is 0. The third kappa shape index (κ3) is 19.6. The van der Waals surface area contributed by atoms with Crippen LogP contribution in [0.2, 0.25) is 0 Å². The minimum Gasteiger partial charge on any atom is -0.0620 e. The predicted octanol–water partition coefficient (Wildman–Crippen LogP) is 12.7. The molecule has 0 saturated heterocycles. The molecule has 12 aromatic carbocycles. The van der Waals surface area contributed by atoms with Crippen LogP contribution in [0.3, 0.4) is 0 Å². The van der Waals surface area contributed by atoms with E-state index in [1.54, 1.807) is 0 Å². The molecule has 0 saturated carbocycles. The van der Waals surface area contributed by atoms with Crippen LogP contribution in [0.15, 0.2) is 364 Å². The van der Waals surface area contributed by atoms with Gasteiger partial charge >= 0.3 is 0 Å². The van der Waals surface area contributed by atoms with Crippen molar-refractivity contribution in [2.45, 2.75) is 0 Å². The molecular weight excluding hydrogens is 1410 g/mol. The molecule has 0 amide bonds. The summed E-state index contributed by atoms with van der Waals surface area (Å²) in [6.07, 6.45) is 0. The molecule has 0 nitrogen and oxygen atoms in total. The van der Waals surface area contributed by atoms with Gasteiger partial charge in [0.15, 0.2) is 0 Å². The Morgan fingerprint density at radius 2 is 0.163 bits per heavy atom. The van der Waals surface area contributed by atoms with Crippen LogP contribution in [0.4, 0.5) is 0 Å². The monoisotopic (exact) mass is 1480 g/mol. The summed E-state index contributed by atoms with van der Waals surface area (Å²) in [6, 6.07) is 130. The average Bonchev–Trinajstić information content (AvgIpc) is 3.52. The summed E-state index contributed by atoms with van der Waals surface area (Å²) in [5.41, 5.74) is 0. The van der Waals surface area contributed by atoms with Crippen molar-refractivity contribution in [2.75, 3.05) is 0 Å². The van der Waals surface area contributed by atoms with E-state index < -0.39 is 31.7 Å². The number of hydrogen-bond donors (Lipinski definition) is 0. The topological polar surface area (TPSA) is 0 Å². The fourth-order valence-corrected chi connectivity index (χ4v) is 19.6. The Balaban J connectivity index is 0.000000193. The first-order valence-electron chi connectivity index (χ1n) is 25.9. The van der Waals surface area contributed by atoms with Crippen molar-refractivity contribution in [3.8, 4) is 0 Å². The Kier molecular flexibility index (Phi) is 30.6. The number of rotatable bonds is 12. The maximum absolute atomic E-state index is 2.24. The molecule has 12 rings (SSSR count). The van der Waals surface area contributed by atoms with E-state index in [-0.39, 0.29) is 81.7 Å². The first kappa shape index (κ1) is 65.8. The predicted molar refractivity (Wildman–Crippen MR) is 346 cm³/mol. The molecule has 0 spiro atoms. The van der Waals surface area contributed by atoms with Crippen molar-refractivity contribution in [1.82, 2.24) is 0 Å². The van der Waals surface area contributed by atoms with Crippen LogP contribution >= 0.6 is 31.7 Å². The van der Waals surface area contributed by atoms with Gasteiger partial charge in [0, 0.05) is 81.7 Å². The summed E-state index contributed by atoms with van der Waals surface area (Å²) in [4.78, 5) is 0. The van der Waals surface area contributed by atoms with Crippen LogP contribution in [-0.2, 0) is 81.7 Å². The van der Waals surface area contributed by atoms with Crippen LogP contribution in [0, 0.1) is 0 Å². The van der Waals surface area contributed by atoms with Gasteiger partial charge in [-0.1, -0.05) is 218 Å². The summed E-state index contributed by atoms with van der Waals surface area (Å²) in [7, 11) is -3.51. The van der Waals surface area contributed by atoms with E-state index in [0.717, 1.165) is 0 Å². The molecule has 408 valence electrons. The molecule has 0 aliphatic carbocycles. The summed E-state index contributed by atoms with van der Waals surface area (Å²) >= 11 is 0. The van der Waals surface area contributed by atoms with E-state index in [0.29, 0.717) is 0 Å². The zero-order chi connectivity index (χ0) is 51.7. The van der Waals surface area contributed by atoms with E-state index in [1.807, 2.05) is 0 Å². The van der Waals surface area contributed by atoms with Gasteiger partial charge in [0.05, 0.1) is 31.7 Å². The quantitative estimate of drug-likeness (QED) is 0.0845. The molecule has 12 aromatic rings. The molecule has 8 heteroatoms. The maximum Gasteiger partial charge on any atom is 0.102 e. The second kappa shape index (κ2) is 37.2. The van der Waals surface area contributed by atoms with Crippen molar-refractivity contribution in [1.29, 1.82) is 0 Å². The zero-order valence-electron chi connectivity index (χ0n) is 43.9. The van der Waals surface area contributed by atoms with Gasteiger partial charge in [-0.2, -0.15) is 0 Å². The summed E-state index contributed by atoms with van der Waals surface area (Å²) in [6.45, 7) is 0. The van der Waals surface area contributed by atoms with Crippen molar-refractivity contribution in [2.24, 2.45) is 0 Å². The second-order valence-electron chi connectivity index (χ2n) is 17.9. The van der Waals surface area contributed by atoms with E-state index in [2.05, 4.69) is 364 Å². The molecule has 0 unspecified atom stereocenters. The van der Waals surface area contributed by atoms with Gasteiger partial charge < -0.3 is 0 Å². The summed E-state index contributed by atoms with van der Waals surface area (Å²) in [5, 5.41) is 17.2. The Morgan fingerprint density at radius 3 is 0.225 bits per heavy atom. The fourth-order valence-electron chi connectivity index (χ4n) is 9.26. The summed E-state index contributed by atoms with van der Waals surface area (Å²) in [5.74, 6) is 0. The van der Waals surface area contributed by atoms with E-state index in [1.165, 1.54) is 63.7 Å². The average molecular weight is 1480 g/mol. The number of benzene rings is 12. The Hall–Kier alpha value is -4.99. The third-order valence-corrected chi connectivity index (χ3v) is 23.7. The largest absolute Gasteiger partial charge is 0.102 e. The van der Waals surface area contributed by atoms with Gasteiger partial charge in [0.1, 0.15) is 63.7 Å². The van der Waals surface area contributed by atoms with Crippen LogP contribution in [0.5, 0.6) is 0 Å². The normalized spacial score (nSPS) is 10.1. The second-order valence-corrected chi connectivity index (χ2v) is 27.8. The van der Waals surface area contributed by atoms with Crippen molar-refractivity contribution in [3.63, 3.8) is 0 Å². The van der Waals surface area contributed by atoms with E-state index in [4.69, 9.17) is 0 Å². The first-order valence-corrected chi connectivity index (χ1v) is 31.9. The van der Waals surface area contributed by atoms with Gasteiger partial charge in [-0.15, -0.1) is 0 Å². The minimum atomic E-state index is -0.877. The standard InChI is InChI=1S/4C18H15P.4Pd/c4*1-4-10-16(11-5-1)19(17-12-6-2-7-13-17)18-14-8-3-9-15-18;;;;/h4*1-15H;;;;/p+4. The molecule has 0 atom stereocenters. The Labute approximate surface area is 535 Å². The van der Waals surface area contributed by atoms with E-state index >= 15 is 0 Å². The maximum atomic E-state index is 2.24. The van der Waals surface area contributed by atoms with Crippen LogP contribution in [0.25, 0.3) is 0 Å². The van der Waals surface area contributed by atoms with Crippen LogP contribution in [0.1, 0.15) is 0 Å². The van der Waals surface area contributed by atoms with Gasteiger partial charge in [0.25, 0.3) is 0 Å². The molecule has 80 heavy (non-hydrogen) atoms. The van der Waals surface area contributed by atoms with Gasteiger partial charge in [0.2, 0.25) is 0 Å². The molecular formula is C72H64P4Pd4+4. The van der Waals surface area contributed by atoms with Crippen LogP contribution in [-0.4, -0.2) is 0 Å². The Bertz CT molecular complexity index is 2590. The molecule has 0 heterocycles. The summed E-state index contributed by atoms with van der Waals surface area (Å²) < 4.78 is 0. The van der Waals surface area contributed by atoms with E-state index in [9.17, 15) is 0 Å². The molecule has 0 radical (unpaired) electrons. The molecule has 0 bridgehead atoms. The Morgan fingerprint density at radius 1 is 0.100 bits per heavy atom. The van der Waals surface area contributed by atoms with Crippen molar-refractivity contribution < 1.29 is 81.7 Å². The van der Waals surface area contributed by atoms with Gasteiger partial charge in [-0.05, 0) is 146 Å². The smallest absolute Gasteiger partial charge is 0.0620 e. The van der Waals surface area contributed by atoms with Crippen LogP contribution < -0.4 is 63.7 Å². The van der Waals surface area contributed by atoms with Crippen molar-refractivity contribution in [3.05, 3.63) is 364 Å².